The molecule has 2 atom stereocenters. The first-order valence-electron chi connectivity index (χ1n) is 11.7. The van der Waals surface area contributed by atoms with Crippen LogP contribution >= 0.6 is 47.0 Å². The molecular weight excluding hydrogens is 455 g/mol. The van der Waals surface area contributed by atoms with Crippen LogP contribution in [-0.4, -0.2) is 23.0 Å². The number of fused-ring (bicyclic) bond motifs is 5. The fourth-order valence-corrected chi connectivity index (χ4v) is 13.8. The van der Waals surface area contributed by atoms with Crippen LogP contribution in [-0.2, 0) is 21.0 Å². The van der Waals surface area contributed by atoms with E-state index < -0.39 is 11.6 Å². The minimum atomic E-state index is -0.493. The van der Waals surface area contributed by atoms with Crippen molar-refractivity contribution >= 4 is 47.0 Å². The maximum Gasteiger partial charge on any atom is 0.164 e. The summed E-state index contributed by atoms with van der Waals surface area (Å²) in [4.78, 5) is 0. The molecule has 2 heterocycles. The van der Waals surface area contributed by atoms with Gasteiger partial charge in [-0.25, -0.2) is 8.78 Å². The summed E-state index contributed by atoms with van der Waals surface area (Å²) in [7, 11) is 0. The first-order chi connectivity index (χ1) is 14.6. The normalized spacial score (nSPS) is 28.8. The molecule has 0 N–H and O–H groups in total. The summed E-state index contributed by atoms with van der Waals surface area (Å²) >= 11 is 7.66. The molecule has 0 saturated carbocycles. The van der Waals surface area contributed by atoms with Crippen molar-refractivity contribution in [2.75, 3.05) is 23.0 Å². The lowest BCUT2D eigenvalue weighted by Gasteiger charge is -2.40. The van der Waals surface area contributed by atoms with Crippen molar-refractivity contribution in [1.29, 1.82) is 0 Å². The molecule has 2 fully saturated rings. The zero-order valence-corrected chi connectivity index (χ0v) is 21.3. The van der Waals surface area contributed by atoms with Gasteiger partial charge in [0.25, 0.3) is 0 Å². The predicted octanol–water partition coefficient (Wildman–Crippen LogP) is 7.96. The average molecular weight is 487 g/mol. The van der Waals surface area contributed by atoms with E-state index in [0.29, 0.717) is 11.8 Å². The van der Waals surface area contributed by atoms with E-state index in [-0.39, 0.29) is 8.16 Å². The van der Waals surface area contributed by atoms with E-state index in [4.69, 9.17) is 0 Å². The van der Waals surface area contributed by atoms with Crippen molar-refractivity contribution in [3.05, 3.63) is 33.9 Å². The third kappa shape index (κ3) is 3.16. The van der Waals surface area contributed by atoms with Gasteiger partial charge in [0, 0.05) is 11.1 Å². The zero-order valence-electron chi connectivity index (χ0n) is 18.0. The number of thioether (sulfide) groups is 4. The second-order valence-electron chi connectivity index (χ2n) is 9.15. The summed E-state index contributed by atoms with van der Waals surface area (Å²) in [5.41, 5.74) is 3.97. The van der Waals surface area contributed by atoms with E-state index in [1.54, 1.807) is 0 Å². The van der Waals surface area contributed by atoms with Crippen LogP contribution in [0.5, 0.6) is 0 Å². The van der Waals surface area contributed by atoms with Crippen molar-refractivity contribution < 1.29 is 8.78 Å². The predicted molar refractivity (Wildman–Crippen MR) is 133 cm³/mol. The quantitative estimate of drug-likeness (QED) is 0.423. The monoisotopic (exact) mass is 486 g/mol. The molecule has 2 spiro atoms. The largest absolute Gasteiger partial charge is 0.203 e. The first-order valence-corrected chi connectivity index (χ1v) is 15.6. The molecule has 30 heavy (non-hydrogen) atoms. The molecule has 0 aromatic heterocycles. The number of rotatable bonds is 4. The van der Waals surface area contributed by atoms with Gasteiger partial charge < -0.3 is 0 Å². The summed E-state index contributed by atoms with van der Waals surface area (Å²) in [6, 6.07) is 0. The third-order valence-corrected chi connectivity index (χ3v) is 14.6. The Balaban J connectivity index is 1.70. The second-order valence-corrected chi connectivity index (χ2v) is 15.0. The van der Waals surface area contributed by atoms with E-state index in [1.165, 1.54) is 24.0 Å². The summed E-state index contributed by atoms with van der Waals surface area (Å²) in [5.74, 6) is 4.15. The van der Waals surface area contributed by atoms with Crippen molar-refractivity contribution in [3.8, 4) is 0 Å². The average Bonchev–Trinajstić information content (AvgIpc) is 3.22. The van der Waals surface area contributed by atoms with Crippen LogP contribution < -0.4 is 0 Å². The Labute approximate surface area is 197 Å². The highest BCUT2D eigenvalue weighted by Crippen LogP contribution is 2.68. The molecule has 1 aromatic carbocycles. The van der Waals surface area contributed by atoms with Crippen LogP contribution in [0.4, 0.5) is 8.78 Å². The molecule has 4 aliphatic rings. The molecule has 6 heteroatoms. The molecule has 0 amide bonds. The van der Waals surface area contributed by atoms with Gasteiger partial charge in [0.1, 0.15) is 0 Å². The number of halogens is 2. The lowest BCUT2D eigenvalue weighted by Crippen LogP contribution is -2.31. The van der Waals surface area contributed by atoms with Gasteiger partial charge in [0.05, 0.1) is 8.16 Å². The molecule has 5 rings (SSSR count). The van der Waals surface area contributed by atoms with Crippen LogP contribution in [0, 0.1) is 23.5 Å². The molecule has 2 aliphatic heterocycles. The molecule has 2 unspecified atom stereocenters. The molecule has 0 bridgehead atoms. The number of benzene rings is 1. The van der Waals surface area contributed by atoms with Crippen LogP contribution in [0.25, 0.3) is 0 Å². The van der Waals surface area contributed by atoms with E-state index in [2.05, 4.69) is 13.8 Å². The van der Waals surface area contributed by atoms with Gasteiger partial charge in [0.2, 0.25) is 0 Å². The summed E-state index contributed by atoms with van der Waals surface area (Å²) in [5, 5.41) is 0. The molecule has 2 saturated heterocycles. The Morgan fingerprint density at radius 3 is 1.40 bits per heavy atom. The molecular formula is C24H32F2S4. The summed E-state index contributed by atoms with van der Waals surface area (Å²) in [6.45, 7) is 4.47. The number of hydrogen-bond donors (Lipinski definition) is 0. The van der Waals surface area contributed by atoms with Crippen molar-refractivity contribution in [3.63, 3.8) is 0 Å². The van der Waals surface area contributed by atoms with E-state index in [1.807, 2.05) is 47.0 Å². The van der Waals surface area contributed by atoms with Crippen molar-refractivity contribution in [2.24, 2.45) is 11.8 Å². The second kappa shape index (κ2) is 8.68. The SMILES string of the molecule is CCCC1Cc2c3c(c(F)c(F)c2C12SCCCS2)C1(SCCCS1)C(CCC)C3. The van der Waals surface area contributed by atoms with E-state index >= 15 is 8.78 Å². The van der Waals surface area contributed by atoms with Gasteiger partial charge >= 0.3 is 0 Å². The molecule has 0 radical (unpaired) electrons. The van der Waals surface area contributed by atoms with Crippen molar-refractivity contribution in [2.45, 2.75) is 73.4 Å². The lowest BCUT2D eigenvalue weighted by molar-refractivity contribution is 0.440. The zero-order chi connectivity index (χ0) is 20.9. The van der Waals surface area contributed by atoms with Crippen LogP contribution in [0.1, 0.15) is 74.6 Å². The van der Waals surface area contributed by atoms with E-state index in [9.17, 15) is 0 Å². The minimum absolute atomic E-state index is 0.258. The van der Waals surface area contributed by atoms with Crippen LogP contribution in [0.3, 0.4) is 0 Å². The van der Waals surface area contributed by atoms with Gasteiger partial charge in [-0.2, -0.15) is 0 Å². The fourth-order valence-electron chi connectivity index (χ4n) is 6.27. The maximum absolute atomic E-state index is 16.0. The highest BCUT2D eigenvalue weighted by molar-refractivity contribution is 8.18. The lowest BCUT2D eigenvalue weighted by atomic mass is 9.96. The van der Waals surface area contributed by atoms with Crippen molar-refractivity contribution in [1.82, 2.24) is 0 Å². The van der Waals surface area contributed by atoms with E-state index in [0.717, 1.165) is 72.7 Å². The first kappa shape index (κ1) is 22.3. The minimum Gasteiger partial charge on any atom is -0.203 e. The smallest absolute Gasteiger partial charge is 0.164 e. The van der Waals surface area contributed by atoms with Gasteiger partial charge in [-0.15, -0.1) is 47.0 Å². The Bertz CT molecular complexity index is 745. The molecule has 1 aromatic rings. The molecule has 0 nitrogen and oxygen atoms in total. The Kier molecular flexibility index (Phi) is 6.45. The molecule has 2 aliphatic carbocycles. The Hall–Kier alpha value is 0.480. The topological polar surface area (TPSA) is 0 Å². The van der Waals surface area contributed by atoms with Crippen LogP contribution in [0.15, 0.2) is 0 Å². The highest BCUT2D eigenvalue weighted by Gasteiger charge is 2.57. The fraction of sp³-hybridized carbons (Fsp3) is 0.750. The standard InChI is InChI=1S/C24H32F2S4/c1-3-7-15-13-17-18-14-16(8-4-2)24(29-11-6-12-30-24)20(18)22(26)21(25)19(17)23(15)27-9-5-10-28-23/h15-16H,3-14H2,1-2H3. The van der Waals surface area contributed by atoms with Crippen LogP contribution in [0.2, 0.25) is 0 Å². The van der Waals surface area contributed by atoms with Gasteiger partial charge in [-0.05, 0) is 84.5 Å². The maximum atomic E-state index is 16.0. The highest BCUT2D eigenvalue weighted by atomic mass is 32.2. The Morgan fingerprint density at radius 1 is 0.700 bits per heavy atom. The van der Waals surface area contributed by atoms with Gasteiger partial charge in [0.15, 0.2) is 11.6 Å². The number of hydrogen-bond acceptors (Lipinski definition) is 4. The third-order valence-electron chi connectivity index (χ3n) is 7.39. The molecule has 166 valence electrons. The van der Waals surface area contributed by atoms with Gasteiger partial charge in [-0.3, -0.25) is 0 Å². The Morgan fingerprint density at radius 2 is 1.07 bits per heavy atom. The summed E-state index contributed by atoms with van der Waals surface area (Å²) in [6.07, 6.45) is 8.70. The summed E-state index contributed by atoms with van der Waals surface area (Å²) < 4.78 is 31.5. The van der Waals surface area contributed by atoms with Gasteiger partial charge in [-0.1, -0.05) is 26.7 Å².